The van der Waals surface area contributed by atoms with Gasteiger partial charge in [-0.1, -0.05) is 58.0 Å². The molecule has 52 heavy (non-hydrogen) atoms. The van der Waals surface area contributed by atoms with Gasteiger partial charge in [-0.2, -0.15) is 0 Å². The largest absolute Gasteiger partial charge is 0.507 e. The highest BCUT2D eigenvalue weighted by Gasteiger charge is 2.48. The van der Waals surface area contributed by atoms with Crippen LogP contribution in [0.25, 0.3) is 10.8 Å². The predicted octanol–water partition coefficient (Wildman–Crippen LogP) is 6.25. The molecule has 0 radical (unpaired) electrons. The fourth-order valence-corrected chi connectivity index (χ4v) is 7.29. The molecular weight excluding hydrogens is 668 g/mol. The minimum atomic E-state index is -1.54. The second kappa shape index (κ2) is 16.7. The second-order valence-corrected chi connectivity index (χ2v) is 14.1. The van der Waals surface area contributed by atoms with Gasteiger partial charge >= 0.3 is 0 Å². The lowest BCUT2D eigenvalue weighted by Gasteiger charge is -2.37. The quantitative estimate of drug-likeness (QED) is 0.176. The molecule has 0 aromatic heterocycles. The van der Waals surface area contributed by atoms with Crippen molar-refractivity contribution in [2.24, 2.45) is 28.8 Å². The van der Waals surface area contributed by atoms with E-state index in [-0.39, 0.29) is 46.7 Å². The minimum absolute atomic E-state index is 0.111. The van der Waals surface area contributed by atoms with Gasteiger partial charge in [-0.25, -0.2) is 0 Å². The summed E-state index contributed by atoms with van der Waals surface area (Å²) in [4.78, 5) is 19.0. The van der Waals surface area contributed by atoms with Gasteiger partial charge in [0, 0.05) is 61.3 Å². The number of carbonyl (C=O) groups excluding carboxylic acids is 1. The van der Waals surface area contributed by atoms with Crippen LogP contribution in [0.2, 0.25) is 0 Å². The van der Waals surface area contributed by atoms with Gasteiger partial charge in [0.1, 0.15) is 18.1 Å². The monoisotopic (exact) mass is 724 g/mol. The SMILES string of the molecule is CCO/N=C1/c2c3c(C)c(O)c4c(O)c(c(CC)cc24)NC(=O)/C(C)=C\C=C\[C@H](C)[C@H](O)[C@@H](C)[C@@H](O)[C@@H](C)[C@H](OC)[C@H](C)[C@@H](OC)/C=C/O[C@@]1(C)O3. The molecule has 5 N–H and O–H groups in total. The Morgan fingerprint density at radius 3 is 2.27 bits per heavy atom. The highest BCUT2D eigenvalue weighted by molar-refractivity contribution is 6.22. The van der Waals surface area contributed by atoms with Crippen molar-refractivity contribution >= 4 is 28.1 Å². The molecule has 0 fully saturated rings. The number of aliphatic hydroxyl groups excluding tert-OH is 2. The van der Waals surface area contributed by atoms with E-state index in [0.29, 0.717) is 39.8 Å². The van der Waals surface area contributed by atoms with Crippen molar-refractivity contribution in [3.63, 3.8) is 0 Å². The molecule has 5 rings (SSSR count). The number of carbonyl (C=O) groups is 1. The second-order valence-electron chi connectivity index (χ2n) is 14.1. The minimum Gasteiger partial charge on any atom is -0.507 e. The molecular formula is C40H56N2O10. The first-order valence-electron chi connectivity index (χ1n) is 17.9. The van der Waals surface area contributed by atoms with Crippen LogP contribution in [0.3, 0.4) is 0 Å². The van der Waals surface area contributed by atoms with E-state index < -0.39 is 47.9 Å². The van der Waals surface area contributed by atoms with Crippen LogP contribution in [0.15, 0.2) is 47.4 Å². The Bertz CT molecular complexity index is 1750. The Morgan fingerprint density at radius 2 is 1.65 bits per heavy atom. The van der Waals surface area contributed by atoms with Crippen LogP contribution in [0, 0.1) is 30.6 Å². The summed E-state index contributed by atoms with van der Waals surface area (Å²) >= 11 is 0. The van der Waals surface area contributed by atoms with Crippen molar-refractivity contribution in [2.45, 2.75) is 98.9 Å². The fraction of sp³-hybridized carbons (Fsp3) is 0.550. The molecule has 0 saturated heterocycles. The van der Waals surface area contributed by atoms with Crippen molar-refractivity contribution in [3.05, 3.63) is 58.9 Å². The Morgan fingerprint density at radius 1 is 0.962 bits per heavy atom. The number of benzene rings is 2. The molecule has 0 spiro atoms. The van der Waals surface area contributed by atoms with Gasteiger partial charge in [0.15, 0.2) is 11.5 Å². The van der Waals surface area contributed by atoms with Crippen LogP contribution < -0.4 is 10.1 Å². The molecule has 1 amide bonds. The summed E-state index contributed by atoms with van der Waals surface area (Å²) in [5.41, 5.74) is 2.19. The van der Waals surface area contributed by atoms with Crippen LogP contribution in [0.4, 0.5) is 5.69 Å². The van der Waals surface area contributed by atoms with Crippen LogP contribution in [-0.4, -0.2) is 83.1 Å². The normalized spacial score (nSPS) is 33.3. The van der Waals surface area contributed by atoms with Gasteiger partial charge in [0.25, 0.3) is 11.7 Å². The molecule has 0 saturated carbocycles. The number of amides is 1. The number of aromatic hydroxyl groups is 2. The maximum Gasteiger partial charge on any atom is 0.295 e. The number of phenols is 2. The molecule has 5 bridgehead atoms. The van der Waals surface area contributed by atoms with E-state index in [9.17, 15) is 25.2 Å². The molecule has 2 aromatic rings. The maximum atomic E-state index is 13.4. The van der Waals surface area contributed by atoms with Crippen molar-refractivity contribution in [1.29, 1.82) is 0 Å². The number of nitrogens with zero attached hydrogens (tertiary/aromatic N) is 1. The first kappa shape index (κ1) is 40.7. The molecule has 0 aliphatic carbocycles. The smallest absolute Gasteiger partial charge is 0.295 e. The third kappa shape index (κ3) is 7.66. The van der Waals surface area contributed by atoms with E-state index in [1.807, 2.05) is 27.7 Å². The summed E-state index contributed by atoms with van der Waals surface area (Å²) in [6.07, 6.45) is 5.89. The van der Waals surface area contributed by atoms with Crippen molar-refractivity contribution in [3.8, 4) is 17.2 Å². The number of rotatable bonds is 5. The van der Waals surface area contributed by atoms with E-state index in [2.05, 4.69) is 10.5 Å². The van der Waals surface area contributed by atoms with E-state index in [1.165, 1.54) is 6.26 Å². The number of oxime groups is 1. The zero-order valence-corrected chi connectivity index (χ0v) is 32.2. The van der Waals surface area contributed by atoms with Gasteiger partial charge in [0.2, 0.25) is 0 Å². The molecule has 3 aliphatic heterocycles. The van der Waals surface area contributed by atoms with Crippen molar-refractivity contribution < 1.29 is 49.0 Å². The molecule has 2 aromatic carbocycles. The van der Waals surface area contributed by atoms with Crippen LogP contribution >= 0.6 is 0 Å². The molecule has 3 aliphatic rings. The molecule has 12 heteroatoms. The van der Waals surface area contributed by atoms with E-state index in [1.54, 1.807) is 79.2 Å². The maximum absolute atomic E-state index is 13.4. The summed E-state index contributed by atoms with van der Waals surface area (Å²) in [7, 11) is 3.15. The third-order valence-corrected chi connectivity index (χ3v) is 10.6. The third-order valence-electron chi connectivity index (χ3n) is 10.6. The van der Waals surface area contributed by atoms with E-state index in [0.717, 1.165) is 0 Å². The Labute approximate surface area is 306 Å². The number of allylic oxidation sites excluding steroid dienone is 2. The predicted molar refractivity (Wildman–Crippen MR) is 201 cm³/mol. The number of hydrogen-bond acceptors (Lipinski definition) is 11. The van der Waals surface area contributed by atoms with Gasteiger partial charge in [-0.15, -0.1) is 0 Å². The van der Waals surface area contributed by atoms with Crippen LogP contribution in [0.1, 0.15) is 72.1 Å². The Kier molecular flexibility index (Phi) is 13.1. The first-order valence-corrected chi connectivity index (χ1v) is 17.9. The summed E-state index contributed by atoms with van der Waals surface area (Å²) in [6, 6.07) is 1.79. The number of aryl methyl sites for hydroxylation is 1. The summed E-state index contributed by atoms with van der Waals surface area (Å²) in [6.45, 7) is 16.4. The number of methoxy groups -OCH3 is 2. The average Bonchev–Trinajstić information content (AvgIpc) is 3.42. The average molecular weight is 725 g/mol. The number of hydrogen-bond donors (Lipinski definition) is 5. The lowest BCUT2D eigenvalue weighted by atomic mass is 9.78. The standard InChI is InChI=1S/C40H56N2O10/c1-12-26-19-27-29-34(45)25(8)37-30(27)38(42-51-13-2)40(9,52-37)50-18-17-28(48-10)22(5)36(49-11)24(7)33(44)23(6)32(43)20(3)15-14-16-21(4)39(47)41-31(26)35(29)46/h14-20,22-24,28,32-33,36,43-46H,12-13H2,1-11H3,(H,41,47)/b15-14+,18-17+,21-16-,42-38-/t20-,22+,23+,24+,28-,32-,33+,36+,40-/m0/s1. The van der Waals surface area contributed by atoms with E-state index >= 15 is 0 Å². The summed E-state index contributed by atoms with van der Waals surface area (Å²) < 4.78 is 24.5. The summed E-state index contributed by atoms with van der Waals surface area (Å²) in [5, 5.41) is 53.8. The highest BCUT2D eigenvalue weighted by atomic mass is 16.7. The van der Waals surface area contributed by atoms with Crippen LogP contribution in [-0.2, 0) is 30.3 Å². The van der Waals surface area contributed by atoms with E-state index in [4.69, 9.17) is 23.8 Å². The van der Waals surface area contributed by atoms with Gasteiger partial charge in [-0.3, -0.25) is 4.79 Å². The zero-order valence-electron chi connectivity index (χ0n) is 32.2. The Balaban J connectivity index is 1.95. The number of fused-ring (bicyclic) bond motifs is 14. The number of phenolic OH excluding ortho intramolecular Hbond substituents is 2. The molecule has 12 nitrogen and oxygen atoms in total. The van der Waals surface area contributed by atoms with Gasteiger partial charge < -0.3 is 49.5 Å². The molecule has 286 valence electrons. The topological polar surface area (TPSA) is 169 Å². The van der Waals surface area contributed by atoms with Gasteiger partial charge in [-0.05, 0) is 44.9 Å². The van der Waals surface area contributed by atoms with Crippen molar-refractivity contribution in [2.75, 3.05) is 26.1 Å². The number of anilines is 1. The number of aliphatic hydroxyl groups is 2. The van der Waals surface area contributed by atoms with Gasteiger partial charge in [0.05, 0.1) is 47.3 Å². The molecule has 9 atom stereocenters. The molecule has 0 unspecified atom stereocenters. The fourth-order valence-electron chi connectivity index (χ4n) is 7.29. The Hall–Kier alpha value is -4.10. The first-order chi connectivity index (χ1) is 24.6. The zero-order chi connectivity index (χ0) is 38.7. The lowest BCUT2D eigenvalue weighted by Crippen LogP contribution is -2.45. The number of ether oxygens (including phenoxy) is 4. The number of nitrogens with one attached hydrogen (secondary N) is 1. The lowest BCUT2D eigenvalue weighted by molar-refractivity contribution is -0.112. The van der Waals surface area contributed by atoms with Crippen molar-refractivity contribution in [1.82, 2.24) is 0 Å². The molecule has 3 heterocycles. The highest BCUT2D eigenvalue weighted by Crippen LogP contribution is 2.52. The summed E-state index contributed by atoms with van der Waals surface area (Å²) in [5.74, 6) is -3.78. The van der Waals surface area contributed by atoms with Crippen LogP contribution in [0.5, 0.6) is 17.2 Å².